The predicted molar refractivity (Wildman–Crippen MR) is 67.6 cm³/mol. The van der Waals surface area contributed by atoms with Crippen LogP contribution in [0.1, 0.15) is 65.2 Å². The highest BCUT2D eigenvalue weighted by atomic mass is 16.1. The molecule has 0 heterocycles. The van der Waals surface area contributed by atoms with Crippen LogP contribution in [0.5, 0.6) is 0 Å². The molecule has 0 amide bonds. The van der Waals surface area contributed by atoms with Crippen LogP contribution in [0.25, 0.3) is 0 Å². The van der Waals surface area contributed by atoms with Crippen molar-refractivity contribution >= 4 is 5.78 Å². The van der Waals surface area contributed by atoms with Gasteiger partial charge in [-0.25, -0.2) is 0 Å². The Bertz CT molecular complexity index is 374. The lowest BCUT2D eigenvalue weighted by Crippen LogP contribution is -2.57. The molecule has 0 aromatic rings. The molecule has 1 nitrogen and oxygen atoms in total. The molecule has 0 saturated heterocycles. The van der Waals surface area contributed by atoms with E-state index in [1.54, 1.807) is 0 Å². The topological polar surface area (TPSA) is 17.1 Å². The third-order valence-electron chi connectivity index (χ3n) is 6.10. The standard InChI is InChI=1S/C16H24O/c1-14-5-11-6-15(2,8-14)10-16(7-11,9-14)13(17)12-3-4-12/h11-12H,3-10H2,1-2H3. The number of rotatable bonds is 2. The van der Waals surface area contributed by atoms with Gasteiger partial charge in [-0.05, 0) is 68.1 Å². The van der Waals surface area contributed by atoms with Crippen molar-refractivity contribution < 1.29 is 4.79 Å². The quantitative estimate of drug-likeness (QED) is 0.704. The second-order valence-corrected chi connectivity index (χ2v) is 8.55. The van der Waals surface area contributed by atoms with Gasteiger partial charge in [0.1, 0.15) is 5.78 Å². The van der Waals surface area contributed by atoms with E-state index in [4.69, 9.17) is 0 Å². The summed E-state index contributed by atoms with van der Waals surface area (Å²) in [6.07, 6.45) is 10.3. The first-order valence-corrected chi connectivity index (χ1v) is 7.47. The summed E-state index contributed by atoms with van der Waals surface area (Å²) in [7, 11) is 0. The van der Waals surface area contributed by atoms with E-state index < -0.39 is 0 Å². The van der Waals surface area contributed by atoms with Crippen molar-refractivity contribution in [3.8, 4) is 0 Å². The van der Waals surface area contributed by atoms with Crippen LogP contribution in [0.4, 0.5) is 0 Å². The molecule has 0 N–H and O–H groups in total. The normalized spacial score (nSPS) is 56.2. The Morgan fingerprint density at radius 3 is 2.00 bits per heavy atom. The highest BCUT2D eigenvalue weighted by molar-refractivity contribution is 5.89. The lowest BCUT2D eigenvalue weighted by Gasteiger charge is -2.65. The van der Waals surface area contributed by atoms with Gasteiger partial charge >= 0.3 is 0 Å². The number of hydrogen-bond acceptors (Lipinski definition) is 1. The zero-order valence-electron chi connectivity index (χ0n) is 11.2. The predicted octanol–water partition coefficient (Wildman–Crippen LogP) is 3.96. The molecule has 2 atom stereocenters. The Kier molecular flexibility index (Phi) is 1.75. The van der Waals surface area contributed by atoms with Crippen molar-refractivity contribution in [2.75, 3.05) is 0 Å². The number of carbonyl (C=O) groups is 1. The van der Waals surface area contributed by atoms with Gasteiger partial charge in [-0.2, -0.15) is 0 Å². The molecule has 5 aliphatic rings. The molecule has 4 bridgehead atoms. The van der Waals surface area contributed by atoms with Crippen LogP contribution in [-0.4, -0.2) is 5.78 Å². The fourth-order valence-electron chi connectivity index (χ4n) is 6.50. The first-order valence-electron chi connectivity index (χ1n) is 7.47. The molecular formula is C16H24O. The van der Waals surface area contributed by atoms with Crippen molar-refractivity contribution in [2.45, 2.75) is 65.2 Å². The first kappa shape index (κ1) is 10.6. The van der Waals surface area contributed by atoms with Gasteiger partial charge in [-0.3, -0.25) is 4.79 Å². The minimum Gasteiger partial charge on any atom is -0.299 e. The molecule has 94 valence electrons. The Balaban J connectivity index is 1.75. The van der Waals surface area contributed by atoms with Crippen molar-refractivity contribution in [1.29, 1.82) is 0 Å². The Labute approximate surface area is 104 Å². The van der Waals surface area contributed by atoms with Crippen LogP contribution in [0.15, 0.2) is 0 Å². The SMILES string of the molecule is CC12CC3CC(C)(C1)CC(C(=O)C1CC1)(C3)C2. The Hall–Kier alpha value is -0.330. The second kappa shape index (κ2) is 2.81. The molecular weight excluding hydrogens is 208 g/mol. The van der Waals surface area contributed by atoms with Gasteiger partial charge in [0.05, 0.1) is 0 Å². The van der Waals surface area contributed by atoms with Gasteiger partial charge in [0.15, 0.2) is 0 Å². The molecule has 0 radical (unpaired) electrons. The minimum atomic E-state index is 0.129. The van der Waals surface area contributed by atoms with E-state index in [9.17, 15) is 4.79 Å². The van der Waals surface area contributed by atoms with Crippen LogP contribution in [0, 0.1) is 28.1 Å². The lowest BCUT2D eigenvalue weighted by atomic mass is 9.39. The largest absolute Gasteiger partial charge is 0.299 e. The third-order valence-corrected chi connectivity index (χ3v) is 6.10. The monoisotopic (exact) mass is 232 g/mol. The van der Waals surface area contributed by atoms with E-state index >= 15 is 0 Å². The average molecular weight is 232 g/mol. The summed E-state index contributed by atoms with van der Waals surface area (Å²) in [5.41, 5.74) is 1.13. The Morgan fingerprint density at radius 2 is 1.53 bits per heavy atom. The highest BCUT2D eigenvalue weighted by Crippen LogP contribution is 2.70. The smallest absolute Gasteiger partial charge is 0.142 e. The van der Waals surface area contributed by atoms with Crippen molar-refractivity contribution in [2.24, 2.45) is 28.1 Å². The third kappa shape index (κ3) is 1.40. The molecule has 2 unspecified atom stereocenters. The molecule has 0 aliphatic heterocycles. The summed E-state index contributed by atoms with van der Waals surface area (Å²) in [5, 5.41) is 0. The first-order chi connectivity index (χ1) is 7.92. The van der Waals surface area contributed by atoms with E-state index in [0.717, 1.165) is 5.92 Å². The van der Waals surface area contributed by atoms with E-state index in [1.165, 1.54) is 51.4 Å². The molecule has 0 aromatic carbocycles. The zero-order valence-corrected chi connectivity index (χ0v) is 11.2. The van der Waals surface area contributed by atoms with Crippen LogP contribution >= 0.6 is 0 Å². The van der Waals surface area contributed by atoms with Gasteiger partial charge in [0, 0.05) is 11.3 Å². The molecule has 5 rings (SSSR count). The maximum absolute atomic E-state index is 12.7. The van der Waals surface area contributed by atoms with Crippen molar-refractivity contribution in [3.63, 3.8) is 0 Å². The summed E-state index contributed by atoms with van der Waals surface area (Å²) in [6, 6.07) is 0. The van der Waals surface area contributed by atoms with Crippen LogP contribution in [0.2, 0.25) is 0 Å². The second-order valence-electron chi connectivity index (χ2n) is 8.55. The molecule has 5 saturated carbocycles. The fourth-order valence-corrected chi connectivity index (χ4v) is 6.50. The van der Waals surface area contributed by atoms with Crippen LogP contribution < -0.4 is 0 Å². The molecule has 0 aromatic heterocycles. The molecule has 0 spiro atoms. The van der Waals surface area contributed by atoms with Crippen molar-refractivity contribution in [1.82, 2.24) is 0 Å². The molecule has 17 heavy (non-hydrogen) atoms. The van der Waals surface area contributed by atoms with Crippen molar-refractivity contribution in [3.05, 3.63) is 0 Å². The number of Topliss-reactive ketones (excluding diaryl/α,β-unsaturated/α-hetero) is 1. The summed E-state index contributed by atoms with van der Waals surface area (Å²) >= 11 is 0. The number of carbonyl (C=O) groups excluding carboxylic acids is 1. The average Bonchev–Trinajstić information content (AvgIpc) is 2.92. The number of hydrogen-bond donors (Lipinski definition) is 0. The minimum absolute atomic E-state index is 0.129. The lowest BCUT2D eigenvalue weighted by molar-refractivity contribution is -0.169. The van der Waals surface area contributed by atoms with Gasteiger partial charge < -0.3 is 0 Å². The van der Waals surface area contributed by atoms with Gasteiger partial charge in [-0.1, -0.05) is 13.8 Å². The Morgan fingerprint density at radius 1 is 0.941 bits per heavy atom. The van der Waals surface area contributed by atoms with Gasteiger partial charge in [0.25, 0.3) is 0 Å². The molecule has 1 heteroatoms. The molecule has 5 fully saturated rings. The van der Waals surface area contributed by atoms with Gasteiger partial charge in [0.2, 0.25) is 0 Å². The fraction of sp³-hybridized carbons (Fsp3) is 0.938. The summed E-state index contributed by atoms with van der Waals surface area (Å²) in [4.78, 5) is 12.7. The van der Waals surface area contributed by atoms with Crippen LogP contribution in [-0.2, 0) is 4.79 Å². The maximum atomic E-state index is 12.7. The van der Waals surface area contributed by atoms with Crippen LogP contribution in [0.3, 0.4) is 0 Å². The summed E-state index contributed by atoms with van der Waals surface area (Å²) < 4.78 is 0. The van der Waals surface area contributed by atoms with E-state index in [1.807, 2.05) is 0 Å². The van der Waals surface area contributed by atoms with E-state index in [0.29, 0.717) is 22.5 Å². The van der Waals surface area contributed by atoms with E-state index in [2.05, 4.69) is 13.8 Å². The molecule has 5 aliphatic carbocycles. The van der Waals surface area contributed by atoms with Gasteiger partial charge in [-0.15, -0.1) is 0 Å². The maximum Gasteiger partial charge on any atom is 0.142 e. The number of ketones is 1. The van der Waals surface area contributed by atoms with E-state index in [-0.39, 0.29) is 5.41 Å². The highest BCUT2D eigenvalue weighted by Gasteiger charge is 2.63. The zero-order chi connectivity index (χ0) is 11.9. The summed E-state index contributed by atoms with van der Waals surface area (Å²) in [6.45, 7) is 4.93. The summed E-state index contributed by atoms with van der Waals surface area (Å²) in [5.74, 6) is 2.02.